The van der Waals surface area contributed by atoms with Crippen molar-refractivity contribution in [3.8, 4) is 0 Å². The molecular formula is C12H12BrNO2. The first-order valence-electron chi connectivity index (χ1n) is 4.98. The summed E-state index contributed by atoms with van der Waals surface area (Å²) in [6, 6.07) is 5.65. The topological polar surface area (TPSA) is 38.3 Å². The highest BCUT2D eigenvalue weighted by Crippen LogP contribution is 2.20. The molecule has 1 amide bonds. The largest absolute Gasteiger partial charge is 0.372 e. The molecule has 4 heteroatoms. The first kappa shape index (κ1) is 11.4. The highest BCUT2D eigenvalue weighted by Gasteiger charge is 2.13. The Hall–Kier alpha value is -1.13. The molecule has 0 atom stereocenters. The Balaban J connectivity index is 2.09. The molecular weight excluding hydrogens is 270 g/mol. The van der Waals surface area contributed by atoms with E-state index in [4.69, 9.17) is 4.74 Å². The normalized spacial score (nSPS) is 13.3. The number of nitrogens with one attached hydrogen (secondary N) is 1. The minimum Gasteiger partial charge on any atom is -0.372 e. The van der Waals surface area contributed by atoms with Crippen molar-refractivity contribution in [2.45, 2.75) is 13.2 Å². The first-order chi connectivity index (χ1) is 7.66. The molecule has 1 aliphatic rings. The molecule has 84 valence electrons. The van der Waals surface area contributed by atoms with Crippen LogP contribution in [0.4, 0.5) is 0 Å². The van der Waals surface area contributed by atoms with Crippen molar-refractivity contribution in [1.82, 2.24) is 5.32 Å². The predicted molar refractivity (Wildman–Crippen MR) is 65.3 cm³/mol. The molecule has 16 heavy (non-hydrogen) atoms. The zero-order valence-corrected chi connectivity index (χ0v) is 10.3. The lowest BCUT2D eigenvalue weighted by Gasteiger charge is -2.05. The highest BCUT2D eigenvalue weighted by molar-refractivity contribution is 9.11. The van der Waals surface area contributed by atoms with Gasteiger partial charge in [0.15, 0.2) is 0 Å². The van der Waals surface area contributed by atoms with E-state index in [-0.39, 0.29) is 5.91 Å². The van der Waals surface area contributed by atoms with E-state index in [0.29, 0.717) is 25.3 Å². The third-order valence-electron chi connectivity index (χ3n) is 2.42. The van der Waals surface area contributed by atoms with E-state index in [1.54, 1.807) is 0 Å². The smallest absolute Gasteiger partial charge is 0.251 e. The molecule has 1 aromatic rings. The summed E-state index contributed by atoms with van der Waals surface area (Å²) in [5, 5.41) is 2.76. The summed E-state index contributed by atoms with van der Waals surface area (Å²) in [5.41, 5.74) is 2.93. The van der Waals surface area contributed by atoms with Crippen LogP contribution in [0.5, 0.6) is 0 Å². The lowest BCUT2D eigenvalue weighted by molar-refractivity contribution is 0.0957. The fourth-order valence-electron chi connectivity index (χ4n) is 1.59. The van der Waals surface area contributed by atoms with Gasteiger partial charge < -0.3 is 10.1 Å². The average Bonchev–Trinajstić information content (AvgIpc) is 2.72. The molecule has 0 radical (unpaired) electrons. The van der Waals surface area contributed by atoms with Crippen molar-refractivity contribution < 1.29 is 9.53 Å². The average molecular weight is 282 g/mol. The second kappa shape index (κ2) is 4.80. The molecule has 0 saturated carbocycles. The number of fused-ring (bicyclic) bond motifs is 1. The minimum absolute atomic E-state index is 0.0877. The second-order valence-corrected chi connectivity index (χ2v) is 4.80. The maximum absolute atomic E-state index is 11.7. The lowest BCUT2D eigenvalue weighted by atomic mass is 10.1. The van der Waals surface area contributed by atoms with Crippen molar-refractivity contribution in [2.75, 3.05) is 6.54 Å². The third-order valence-corrected chi connectivity index (χ3v) is 2.70. The van der Waals surface area contributed by atoms with Crippen LogP contribution in [0.15, 0.2) is 29.3 Å². The SMILES string of the molecule is C=C(Br)CNC(=O)c1ccc2c(c1)COC2. The Labute approximate surface area is 103 Å². The fourth-order valence-corrected chi connectivity index (χ4v) is 1.73. The fraction of sp³-hybridized carbons (Fsp3) is 0.250. The van der Waals surface area contributed by atoms with Gasteiger partial charge in [0, 0.05) is 16.6 Å². The third kappa shape index (κ3) is 2.51. The van der Waals surface area contributed by atoms with Gasteiger partial charge in [-0.3, -0.25) is 4.79 Å². The van der Waals surface area contributed by atoms with Crippen LogP contribution in [0, 0.1) is 0 Å². The van der Waals surface area contributed by atoms with Crippen LogP contribution in [0.2, 0.25) is 0 Å². The maximum Gasteiger partial charge on any atom is 0.251 e. The number of carbonyl (C=O) groups is 1. The molecule has 0 unspecified atom stereocenters. The Morgan fingerprint density at radius 3 is 2.94 bits per heavy atom. The lowest BCUT2D eigenvalue weighted by Crippen LogP contribution is -2.24. The number of benzene rings is 1. The molecule has 0 aromatic heterocycles. The monoisotopic (exact) mass is 281 g/mol. The summed E-state index contributed by atoms with van der Waals surface area (Å²) in [6.45, 7) is 5.34. The standard InChI is InChI=1S/C12H12BrNO2/c1-8(13)5-14-12(15)9-2-3-10-6-16-7-11(10)4-9/h2-4H,1,5-7H2,(H,14,15). The summed E-state index contributed by atoms with van der Waals surface area (Å²) in [5.74, 6) is -0.0877. The van der Waals surface area contributed by atoms with Gasteiger partial charge >= 0.3 is 0 Å². The molecule has 1 aromatic carbocycles. The van der Waals surface area contributed by atoms with Crippen molar-refractivity contribution in [2.24, 2.45) is 0 Å². The van der Waals surface area contributed by atoms with Gasteiger partial charge in [0.05, 0.1) is 13.2 Å². The van der Waals surface area contributed by atoms with E-state index in [1.165, 1.54) is 5.56 Å². The van der Waals surface area contributed by atoms with Crippen molar-refractivity contribution in [3.63, 3.8) is 0 Å². The van der Waals surface area contributed by atoms with E-state index >= 15 is 0 Å². The molecule has 0 aliphatic carbocycles. The molecule has 1 N–H and O–H groups in total. The molecule has 0 fully saturated rings. The number of ether oxygens (including phenoxy) is 1. The van der Waals surface area contributed by atoms with Crippen LogP contribution in [-0.2, 0) is 18.0 Å². The van der Waals surface area contributed by atoms with Crippen LogP contribution < -0.4 is 5.32 Å². The van der Waals surface area contributed by atoms with E-state index in [0.717, 1.165) is 10.0 Å². The number of carbonyl (C=O) groups excluding carboxylic acids is 1. The Morgan fingerprint density at radius 2 is 2.19 bits per heavy atom. The summed E-state index contributed by atoms with van der Waals surface area (Å²) < 4.78 is 6.05. The van der Waals surface area contributed by atoms with Crippen LogP contribution in [0.1, 0.15) is 21.5 Å². The summed E-state index contributed by atoms with van der Waals surface area (Å²) >= 11 is 3.20. The Morgan fingerprint density at radius 1 is 1.44 bits per heavy atom. The van der Waals surface area contributed by atoms with Crippen molar-refractivity contribution in [3.05, 3.63) is 46.0 Å². The number of hydrogen-bond donors (Lipinski definition) is 1. The van der Waals surface area contributed by atoms with Crippen LogP contribution >= 0.6 is 15.9 Å². The summed E-state index contributed by atoms with van der Waals surface area (Å²) in [6.07, 6.45) is 0. The molecule has 0 spiro atoms. The van der Waals surface area contributed by atoms with Gasteiger partial charge in [0.25, 0.3) is 5.91 Å². The van der Waals surface area contributed by atoms with Gasteiger partial charge in [0.1, 0.15) is 0 Å². The zero-order chi connectivity index (χ0) is 11.5. The van der Waals surface area contributed by atoms with Crippen LogP contribution in [0.25, 0.3) is 0 Å². The predicted octanol–water partition coefficient (Wildman–Crippen LogP) is 2.36. The van der Waals surface area contributed by atoms with Crippen LogP contribution in [0.3, 0.4) is 0 Å². The zero-order valence-electron chi connectivity index (χ0n) is 8.75. The van der Waals surface area contributed by atoms with Gasteiger partial charge in [-0.05, 0) is 23.3 Å². The van der Waals surface area contributed by atoms with Gasteiger partial charge in [-0.1, -0.05) is 28.6 Å². The minimum atomic E-state index is -0.0877. The molecule has 1 heterocycles. The quantitative estimate of drug-likeness (QED) is 0.924. The van der Waals surface area contributed by atoms with Crippen molar-refractivity contribution >= 4 is 21.8 Å². The first-order valence-corrected chi connectivity index (χ1v) is 5.77. The van der Waals surface area contributed by atoms with E-state index in [1.807, 2.05) is 18.2 Å². The number of halogens is 1. The van der Waals surface area contributed by atoms with E-state index in [2.05, 4.69) is 27.8 Å². The van der Waals surface area contributed by atoms with Gasteiger partial charge in [-0.2, -0.15) is 0 Å². The molecule has 0 saturated heterocycles. The van der Waals surface area contributed by atoms with Gasteiger partial charge in [-0.25, -0.2) is 0 Å². The number of amides is 1. The van der Waals surface area contributed by atoms with E-state index in [9.17, 15) is 4.79 Å². The van der Waals surface area contributed by atoms with Gasteiger partial charge in [-0.15, -0.1) is 0 Å². The Kier molecular flexibility index (Phi) is 3.41. The Bertz CT molecular complexity index is 443. The maximum atomic E-state index is 11.7. The number of rotatable bonds is 3. The summed E-state index contributed by atoms with van der Waals surface area (Å²) in [4.78, 5) is 11.7. The highest BCUT2D eigenvalue weighted by atomic mass is 79.9. The molecule has 0 bridgehead atoms. The van der Waals surface area contributed by atoms with Crippen molar-refractivity contribution in [1.29, 1.82) is 0 Å². The van der Waals surface area contributed by atoms with Gasteiger partial charge in [0.2, 0.25) is 0 Å². The summed E-state index contributed by atoms with van der Waals surface area (Å²) in [7, 11) is 0. The van der Waals surface area contributed by atoms with Crippen LogP contribution in [-0.4, -0.2) is 12.5 Å². The molecule has 1 aliphatic heterocycles. The number of hydrogen-bond acceptors (Lipinski definition) is 2. The molecule has 3 nitrogen and oxygen atoms in total. The molecule has 2 rings (SSSR count). The second-order valence-electron chi connectivity index (χ2n) is 3.68. The van der Waals surface area contributed by atoms with E-state index < -0.39 is 0 Å².